The van der Waals surface area contributed by atoms with Crippen molar-refractivity contribution in [2.75, 3.05) is 0 Å². The second kappa shape index (κ2) is 4.72. The number of halogens is 2. The highest BCUT2D eigenvalue weighted by Gasteiger charge is 2.13. The predicted octanol–water partition coefficient (Wildman–Crippen LogP) is 3.92. The Hall–Kier alpha value is -0.610. The van der Waals surface area contributed by atoms with Crippen LogP contribution >= 0.6 is 34.5 Å². The van der Waals surface area contributed by atoms with Crippen LogP contribution in [0.4, 0.5) is 0 Å². The van der Waals surface area contributed by atoms with E-state index in [-0.39, 0.29) is 6.61 Å². The van der Waals surface area contributed by atoms with Gasteiger partial charge in [0, 0.05) is 10.6 Å². The molecule has 0 fully saturated rings. The Kier molecular flexibility index (Phi) is 3.50. The molecular weight excluding hydrogens is 265 g/mol. The van der Waals surface area contributed by atoms with E-state index in [0.717, 1.165) is 21.7 Å². The molecule has 1 aromatic carbocycles. The first-order chi connectivity index (χ1) is 7.61. The van der Waals surface area contributed by atoms with Crippen LogP contribution in [0.15, 0.2) is 18.2 Å². The van der Waals surface area contributed by atoms with Crippen molar-refractivity contribution >= 4 is 34.5 Å². The molecule has 2 rings (SSSR count). The predicted molar refractivity (Wildman–Crippen MR) is 68.2 cm³/mol. The lowest BCUT2D eigenvalue weighted by Gasteiger charge is -2.04. The van der Waals surface area contributed by atoms with Crippen LogP contribution in [0.25, 0.3) is 11.3 Å². The Morgan fingerprint density at radius 2 is 2.12 bits per heavy atom. The molecule has 0 aliphatic rings. The van der Waals surface area contributed by atoms with Gasteiger partial charge in [0.2, 0.25) is 0 Å². The molecule has 0 unspecified atom stereocenters. The van der Waals surface area contributed by atoms with Crippen molar-refractivity contribution in [2.45, 2.75) is 13.5 Å². The van der Waals surface area contributed by atoms with Crippen molar-refractivity contribution in [3.05, 3.63) is 38.1 Å². The molecule has 0 amide bonds. The monoisotopic (exact) mass is 273 g/mol. The third-order valence-electron chi connectivity index (χ3n) is 2.27. The van der Waals surface area contributed by atoms with E-state index < -0.39 is 0 Å². The summed E-state index contributed by atoms with van der Waals surface area (Å²) < 4.78 is 0.429. The number of thiazole rings is 1. The number of aliphatic hydroxyl groups excluding tert-OH is 1. The van der Waals surface area contributed by atoms with Crippen LogP contribution in [-0.4, -0.2) is 10.1 Å². The van der Waals surface area contributed by atoms with Gasteiger partial charge in [0.1, 0.15) is 0 Å². The molecule has 2 aromatic rings. The third-order valence-corrected chi connectivity index (χ3v) is 3.65. The van der Waals surface area contributed by atoms with Gasteiger partial charge < -0.3 is 5.11 Å². The van der Waals surface area contributed by atoms with Gasteiger partial charge >= 0.3 is 0 Å². The first-order valence-corrected chi connectivity index (χ1v) is 6.21. The number of aliphatic hydroxyl groups is 1. The fourth-order valence-electron chi connectivity index (χ4n) is 1.49. The molecule has 1 heterocycles. The zero-order chi connectivity index (χ0) is 11.7. The minimum Gasteiger partial charge on any atom is -0.391 e. The molecule has 5 heteroatoms. The van der Waals surface area contributed by atoms with E-state index in [2.05, 4.69) is 4.98 Å². The average molecular weight is 274 g/mol. The minimum absolute atomic E-state index is 0.0638. The van der Waals surface area contributed by atoms with Crippen LogP contribution in [0.2, 0.25) is 9.49 Å². The molecule has 1 N–H and O–H groups in total. The van der Waals surface area contributed by atoms with Crippen molar-refractivity contribution in [1.82, 2.24) is 4.98 Å². The molecule has 1 aromatic heterocycles. The van der Waals surface area contributed by atoms with Gasteiger partial charge in [-0.2, -0.15) is 0 Å². The normalized spacial score (nSPS) is 10.8. The van der Waals surface area contributed by atoms with E-state index in [1.165, 1.54) is 11.3 Å². The van der Waals surface area contributed by atoms with Crippen LogP contribution < -0.4 is 0 Å². The van der Waals surface area contributed by atoms with Gasteiger partial charge in [0.15, 0.2) is 4.47 Å². The molecule has 0 saturated heterocycles. The fourth-order valence-corrected chi connectivity index (χ4v) is 2.68. The zero-order valence-electron chi connectivity index (χ0n) is 8.50. The molecule has 0 bridgehead atoms. The summed E-state index contributed by atoms with van der Waals surface area (Å²) in [6.07, 6.45) is 0. The van der Waals surface area contributed by atoms with Gasteiger partial charge in [-0.3, -0.25) is 0 Å². The highest BCUT2D eigenvalue weighted by atomic mass is 35.5. The SMILES string of the molecule is Cc1ccc(Cl)cc1-c1nc(Cl)sc1CO. The maximum absolute atomic E-state index is 9.23. The molecule has 0 saturated carbocycles. The molecule has 16 heavy (non-hydrogen) atoms. The second-order valence-electron chi connectivity index (χ2n) is 3.36. The van der Waals surface area contributed by atoms with E-state index in [1.54, 1.807) is 0 Å². The second-order valence-corrected chi connectivity index (χ2v) is 5.46. The van der Waals surface area contributed by atoms with Crippen molar-refractivity contribution < 1.29 is 5.11 Å². The van der Waals surface area contributed by atoms with Crippen LogP contribution in [0.1, 0.15) is 10.4 Å². The first kappa shape index (κ1) is 11.9. The largest absolute Gasteiger partial charge is 0.391 e. The molecule has 0 aliphatic carbocycles. The summed E-state index contributed by atoms with van der Waals surface area (Å²) in [6, 6.07) is 5.58. The third kappa shape index (κ3) is 2.23. The Labute approximate surface area is 107 Å². The summed E-state index contributed by atoms with van der Waals surface area (Å²) in [5, 5.41) is 9.88. The van der Waals surface area contributed by atoms with Gasteiger partial charge in [-0.1, -0.05) is 29.3 Å². The standard InChI is InChI=1S/C11H9Cl2NOS/c1-6-2-3-7(12)4-8(6)10-9(5-15)16-11(13)14-10/h2-4,15H,5H2,1H3. The Bertz CT molecular complexity index is 525. The smallest absolute Gasteiger partial charge is 0.184 e. The van der Waals surface area contributed by atoms with Crippen LogP contribution in [0.3, 0.4) is 0 Å². The number of rotatable bonds is 2. The van der Waals surface area contributed by atoms with Crippen LogP contribution in [0.5, 0.6) is 0 Å². The number of benzene rings is 1. The van der Waals surface area contributed by atoms with Crippen molar-refractivity contribution in [3.63, 3.8) is 0 Å². The van der Waals surface area contributed by atoms with Crippen molar-refractivity contribution in [1.29, 1.82) is 0 Å². The zero-order valence-corrected chi connectivity index (χ0v) is 10.8. The highest BCUT2D eigenvalue weighted by Crippen LogP contribution is 2.33. The summed E-state index contributed by atoms with van der Waals surface area (Å²) in [5.41, 5.74) is 2.69. The minimum atomic E-state index is -0.0638. The Morgan fingerprint density at radius 3 is 2.81 bits per heavy atom. The maximum atomic E-state index is 9.23. The van der Waals surface area contributed by atoms with Gasteiger partial charge in [-0.25, -0.2) is 4.98 Å². The molecule has 84 valence electrons. The fraction of sp³-hybridized carbons (Fsp3) is 0.182. The number of hydrogen-bond donors (Lipinski definition) is 1. The number of nitrogens with zero attached hydrogens (tertiary/aromatic N) is 1. The van der Waals surface area contributed by atoms with Gasteiger partial charge in [-0.15, -0.1) is 11.3 Å². The molecule has 0 atom stereocenters. The summed E-state index contributed by atoms with van der Waals surface area (Å²) in [6.45, 7) is 1.91. The topological polar surface area (TPSA) is 33.1 Å². The summed E-state index contributed by atoms with van der Waals surface area (Å²) in [4.78, 5) is 4.98. The van der Waals surface area contributed by atoms with Crippen molar-refractivity contribution in [2.24, 2.45) is 0 Å². The summed E-state index contributed by atoms with van der Waals surface area (Å²) in [7, 11) is 0. The lowest BCUT2D eigenvalue weighted by atomic mass is 10.1. The van der Waals surface area contributed by atoms with E-state index in [0.29, 0.717) is 9.49 Å². The number of hydrogen-bond acceptors (Lipinski definition) is 3. The quantitative estimate of drug-likeness (QED) is 0.900. The van der Waals surface area contributed by atoms with Crippen LogP contribution in [0, 0.1) is 6.92 Å². The lowest BCUT2D eigenvalue weighted by molar-refractivity contribution is 0.286. The highest BCUT2D eigenvalue weighted by molar-refractivity contribution is 7.16. The number of aromatic nitrogens is 1. The summed E-state index contributed by atoms with van der Waals surface area (Å²) >= 11 is 13.1. The van der Waals surface area contributed by atoms with E-state index >= 15 is 0 Å². The van der Waals surface area contributed by atoms with Crippen LogP contribution in [-0.2, 0) is 6.61 Å². The Balaban J connectivity index is 2.61. The summed E-state index contributed by atoms with van der Waals surface area (Å²) in [5.74, 6) is 0. The average Bonchev–Trinajstić information content (AvgIpc) is 2.63. The first-order valence-electron chi connectivity index (χ1n) is 4.64. The lowest BCUT2D eigenvalue weighted by Crippen LogP contribution is -1.88. The molecule has 0 radical (unpaired) electrons. The number of aryl methyl sites for hydroxylation is 1. The van der Waals surface area contributed by atoms with Gasteiger partial charge in [0.05, 0.1) is 17.2 Å². The molecule has 0 aliphatic heterocycles. The molecular formula is C11H9Cl2NOS. The molecule has 2 nitrogen and oxygen atoms in total. The van der Waals surface area contributed by atoms with Gasteiger partial charge in [-0.05, 0) is 24.6 Å². The van der Waals surface area contributed by atoms with Crippen molar-refractivity contribution in [3.8, 4) is 11.3 Å². The van der Waals surface area contributed by atoms with E-state index in [9.17, 15) is 5.11 Å². The van der Waals surface area contributed by atoms with E-state index in [4.69, 9.17) is 23.2 Å². The Morgan fingerprint density at radius 1 is 1.38 bits per heavy atom. The molecule has 0 spiro atoms. The van der Waals surface area contributed by atoms with E-state index in [1.807, 2.05) is 25.1 Å². The maximum Gasteiger partial charge on any atom is 0.184 e. The van der Waals surface area contributed by atoms with Gasteiger partial charge in [0.25, 0.3) is 0 Å².